The number of rotatable bonds is 4. The molecular weight excluding hydrogens is 168 g/mol. The zero-order valence-electron chi connectivity index (χ0n) is 8.32. The molecule has 1 atom stereocenters. The monoisotopic (exact) mass is 188 g/mol. The Balaban J connectivity index is 2.15. The van der Waals surface area contributed by atoms with Gasteiger partial charge in [-0.2, -0.15) is 0 Å². The summed E-state index contributed by atoms with van der Waals surface area (Å²) in [6.07, 6.45) is 0.536. The lowest BCUT2D eigenvalue weighted by Crippen LogP contribution is -2.49. The first-order chi connectivity index (χ1) is 6.24. The highest BCUT2D eigenvalue weighted by Crippen LogP contribution is 2.04. The summed E-state index contributed by atoms with van der Waals surface area (Å²) in [5.41, 5.74) is 0. The van der Waals surface area contributed by atoms with Crippen molar-refractivity contribution in [1.29, 1.82) is 0 Å². The summed E-state index contributed by atoms with van der Waals surface area (Å²) in [6, 6.07) is 0. The quantitative estimate of drug-likeness (QED) is 0.614. The fourth-order valence-electron chi connectivity index (χ4n) is 1.65. The van der Waals surface area contributed by atoms with E-state index in [1.165, 1.54) is 0 Å². The van der Waals surface area contributed by atoms with Crippen molar-refractivity contribution in [2.24, 2.45) is 0 Å². The Labute approximate surface area is 79.8 Å². The average Bonchev–Trinajstić information content (AvgIpc) is 2.15. The molecule has 1 fully saturated rings. The van der Waals surface area contributed by atoms with Crippen molar-refractivity contribution in [3.63, 3.8) is 0 Å². The third kappa shape index (κ3) is 3.60. The highest BCUT2D eigenvalue weighted by Gasteiger charge is 2.18. The lowest BCUT2D eigenvalue weighted by Gasteiger charge is -2.36. The van der Waals surface area contributed by atoms with Gasteiger partial charge in [-0.15, -0.1) is 0 Å². The predicted octanol–water partition coefficient (Wildman–Crippen LogP) is -0.675. The van der Waals surface area contributed by atoms with Crippen LogP contribution in [0.4, 0.5) is 0 Å². The molecule has 0 amide bonds. The summed E-state index contributed by atoms with van der Waals surface area (Å²) in [5.74, 6) is 0. The molecule has 0 spiro atoms. The van der Waals surface area contributed by atoms with Crippen molar-refractivity contribution in [1.82, 2.24) is 9.80 Å². The van der Waals surface area contributed by atoms with Gasteiger partial charge in [-0.05, 0) is 13.3 Å². The van der Waals surface area contributed by atoms with E-state index >= 15 is 0 Å². The van der Waals surface area contributed by atoms with Crippen LogP contribution in [0.2, 0.25) is 0 Å². The first kappa shape index (κ1) is 10.9. The third-order valence-electron chi connectivity index (χ3n) is 2.57. The van der Waals surface area contributed by atoms with E-state index in [2.05, 4.69) is 9.80 Å². The van der Waals surface area contributed by atoms with Crippen molar-refractivity contribution in [2.75, 3.05) is 39.3 Å². The van der Waals surface area contributed by atoms with Gasteiger partial charge in [0.25, 0.3) is 0 Å². The van der Waals surface area contributed by atoms with Gasteiger partial charge in [-0.3, -0.25) is 4.90 Å². The maximum atomic E-state index is 9.31. The van der Waals surface area contributed by atoms with Crippen molar-refractivity contribution < 1.29 is 10.2 Å². The van der Waals surface area contributed by atoms with Crippen LogP contribution < -0.4 is 0 Å². The van der Waals surface area contributed by atoms with Gasteiger partial charge in [0.2, 0.25) is 0 Å². The number of nitrogens with zero attached hydrogens (tertiary/aromatic N) is 2. The van der Waals surface area contributed by atoms with Gasteiger partial charge in [0.05, 0.1) is 0 Å². The van der Waals surface area contributed by atoms with E-state index in [0.717, 1.165) is 39.1 Å². The molecule has 0 aliphatic carbocycles. The smallest absolute Gasteiger partial charge is 0.104 e. The van der Waals surface area contributed by atoms with E-state index < -0.39 is 0 Å². The minimum absolute atomic E-state index is 0.274. The van der Waals surface area contributed by atoms with Gasteiger partial charge in [0, 0.05) is 39.3 Å². The number of piperazine rings is 1. The molecule has 1 aliphatic rings. The summed E-state index contributed by atoms with van der Waals surface area (Å²) >= 11 is 0. The molecule has 1 aliphatic heterocycles. The number of hydrogen-bond acceptors (Lipinski definition) is 4. The first-order valence-corrected chi connectivity index (χ1v) is 4.99. The largest absolute Gasteiger partial charge is 0.396 e. The van der Waals surface area contributed by atoms with Crippen LogP contribution >= 0.6 is 0 Å². The Morgan fingerprint density at radius 3 is 2.31 bits per heavy atom. The molecule has 0 radical (unpaired) electrons. The van der Waals surface area contributed by atoms with Gasteiger partial charge < -0.3 is 15.1 Å². The van der Waals surface area contributed by atoms with Crippen molar-refractivity contribution in [3.8, 4) is 0 Å². The van der Waals surface area contributed by atoms with Gasteiger partial charge >= 0.3 is 0 Å². The van der Waals surface area contributed by atoms with Crippen LogP contribution in [0, 0.1) is 0 Å². The molecule has 1 saturated heterocycles. The van der Waals surface area contributed by atoms with Crippen molar-refractivity contribution in [3.05, 3.63) is 0 Å². The van der Waals surface area contributed by atoms with Crippen molar-refractivity contribution >= 4 is 0 Å². The second-order valence-corrected chi connectivity index (χ2v) is 3.59. The standard InChI is InChI=1S/C9H20N2O2/c1-9(13)11-6-4-10(5-7-11)3-2-8-12/h9,12-13H,2-8H2,1H3. The van der Waals surface area contributed by atoms with Gasteiger partial charge in [0.1, 0.15) is 6.23 Å². The van der Waals surface area contributed by atoms with E-state index in [9.17, 15) is 5.11 Å². The molecule has 1 heterocycles. The third-order valence-corrected chi connectivity index (χ3v) is 2.57. The fraction of sp³-hybridized carbons (Fsp3) is 1.00. The van der Waals surface area contributed by atoms with Gasteiger partial charge in [-0.1, -0.05) is 0 Å². The van der Waals surface area contributed by atoms with Crippen LogP contribution in [0.1, 0.15) is 13.3 Å². The van der Waals surface area contributed by atoms with Crippen molar-refractivity contribution in [2.45, 2.75) is 19.6 Å². The van der Waals surface area contributed by atoms with Crippen LogP contribution in [0.15, 0.2) is 0 Å². The van der Waals surface area contributed by atoms with Crippen LogP contribution in [0.3, 0.4) is 0 Å². The Morgan fingerprint density at radius 2 is 1.85 bits per heavy atom. The molecule has 0 aromatic rings. The van der Waals surface area contributed by atoms with E-state index in [0.29, 0.717) is 0 Å². The normalized spacial score (nSPS) is 23.3. The molecule has 0 aromatic carbocycles. The minimum atomic E-state index is -0.319. The zero-order valence-corrected chi connectivity index (χ0v) is 8.32. The second kappa shape index (κ2) is 5.54. The molecule has 13 heavy (non-hydrogen) atoms. The predicted molar refractivity (Wildman–Crippen MR) is 51.4 cm³/mol. The van der Waals surface area contributed by atoms with Gasteiger partial charge in [0.15, 0.2) is 0 Å². The number of hydrogen-bond donors (Lipinski definition) is 2. The number of aliphatic hydroxyl groups excluding tert-OH is 2. The van der Waals surface area contributed by atoms with E-state index in [1.807, 2.05) is 6.92 Å². The number of aliphatic hydroxyl groups is 2. The lowest BCUT2D eigenvalue weighted by molar-refractivity contribution is -0.0134. The topological polar surface area (TPSA) is 46.9 Å². The summed E-state index contributed by atoms with van der Waals surface area (Å²) in [7, 11) is 0. The Hall–Kier alpha value is -0.160. The molecule has 4 nitrogen and oxygen atoms in total. The molecule has 0 aromatic heterocycles. The van der Waals surface area contributed by atoms with Crippen LogP contribution in [0.25, 0.3) is 0 Å². The van der Waals surface area contributed by atoms with Crippen LogP contribution in [-0.4, -0.2) is 65.6 Å². The maximum Gasteiger partial charge on any atom is 0.104 e. The second-order valence-electron chi connectivity index (χ2n) is 3.59. The zero-order chi connectivity index (χ0) is 9.68. The van der Waals surface area contributed by atoms with Gasteiger partial charge in [-0.25, -0.2) is 0 Å². The van der Waals surface area contributed by atoms with Crippen LogP contribution in [0.5, 0.6) is 0 Å². The Morgan fingerprint density at radius 1 is 1.23 bits per heavy atom. The van der Waals surface area contributed by atoms with E-state index in [1.54, 1.807) is 0 Å². The molecule has 1 rings (SSSR count). The molecule has 2 N–H and O–H groups in total. The Bertz CT molecular complexity index is 134. The molecule has 4 heteroatoms. The summed E-state index contributed by atoms with van der Waals surface area (Å²) in [4.78, 5) is 4.39. The fourth-order valence-corrected chi connectivity index (χ4v) is 1.65. The SMILES string of the molecule is CC(O)N1CCN(CCCO)CC1. The molecule has 78 valence electrons. The summed E-state index contributed by atoms with van der Waals surface area (Å²) in [5, 5.41) is 18.0. The van der Waals surface area contributed by atoms with Crippen LogP contribution in [-0.2, 0) is 0 Å². The average molecular weight is 188 g/mol. The summed E-state index contributed by atoms with van der Waals surface area (Å²) in [6.45, 7) is 6.94. The lowest BCUT2D eigenvalue weighted by atomic mass is 10.3. The molecule has 0 saturated carbocycles. The molecule has 1 unspecified atom stereocenters. The van der Waals surface area contributed by atoms with E-state index in [4.69, 9.17) is 5.11 Å². The highest BCUT2D eigenvalue weighted by atomic mass is 16.3. The maximum absolute atomic E-state index is 9.31. The Kier molecular flexibility index (Phi) is 4.66. The summed E-state index contributed by atoms with van der Waals surface area (Å²) < 4.78 is 0. The minimum Gasteiger partial charge on any atom is -0.396 e. The van der Waals surface area contributed by atoms with E-state index in [-0.39, 0.29) is 12.8 Å². The molecule has 0 bridgehead atoms. The highest BCUT2D eigenvalue weighted by molar-refractivity contribution is 4.71. The first-order valence-electron chi connectivity index (χ1n) is 4.99. The molecular formula is C9H20N2O2.